The molecule has 1 aromatic heterocycles. The van der Waals surface area contributed by atoms with E-state index in [9.17, 15) is 34.4 Å². The second-order valence-electron chi connectivity index (χ2n) is 8.18. The molecule has 2 atom stereocenters. The number of thioether (sulfide) groups is 1. The lowest BCUT2D eigenvalue weighted by atomic mass is 10.0. The van der Waals surface area contributed by atoms with Gasteiger partial charge in [-0.1, -0.05) is 6.07 Å². The molecule has 2 amide bonds. The van der Waals surface area contributed by atoms with Crippen molar-refractivity contribution in [2.45, 2.75) is 31.9 Å². The number of hydrogen-bond acceptors (Lipinski definition) is 10. The van der Waals surface area contributed by atoms with E-state index in [0.717, 1.165) is 4.90 Å². The third-order valence-corrected chi connectivity index (χ3v) is 6.89. The second-order valence-corrected chi connectivity index (χ2v) is 9.29. The standard InChI is InChI=1S/C23H21N3O10S/c1-11-3-5-16(15(7-11)26(32)33)35-9-14-4-6-17(36-14)20(28)24-18-21(29)25-19(23(30)31)13(8-34-12(2)27)10-37-22(18)25/h3-7,18,22H,8-10H2,1-2H3,(H,24,28)(H,30,31)/t18-,22+/m1/s1. The molecule has 37 heavy (non-hydrogen) atoms. The van der Waals surface area contributed by atoms with Gasteiger partial charge in [0.2, 0.25) is 0 Å². The van der Waals surface area contributed by atoms with Gasteiger partial charge >= 0.3 is 17.6 Å². The number of aliphatic carboxylic acids is 1. The van der Waals surface area contributed by atoms with Gasteiger partial charge in [-0.2, -0.15) is 0 Å². The summed E-state index contributed by atoms with van der Waals surface area (Å²) in [6.45, 7) is 2.48. The fraction of sp³-hybridized carbons (Fsp3) is 0.304. The SMILES string of the molecule is CC(=O)OCC1=C(C(=O)O)N2C(=O)[C@@H](NC(=O)c3ccc(COc4ccc(C)cc4[N+](=O)[O-])o3)[C@@H]2SC1. The number of nitro benzene ring substituents is 1. The van der Waals surface area contributed by atoms with E-state index in [-0.39, 0.29) is 53.2 Å². The van der Waals surface area contributed by atoms with Gasteiger partial charge in [0, 0.05) is 24.3 Å². The number of aryl methyl sites for hydroxylation is 1. The molecule has 1 aromatic carbocycles. The van der Waals surface area contributed by atoms with Gasteiger partial charge in [-0.25, -0.2) is 4.79 Å². The first-order chi connectivity index (χ1) is 17.6. The van der Waals surface area contributed by atoms with Crippen LogP contribution in [0.4, 0.5) is 5.69 Å². The number of fused-ring (bicyclic) bond motifs is 1. The zero-order valence-electron chi connectivity index (χ0n) is 19.6. The molecule has 1 fully saturated rings. The highest BCUT2D eigenvalue weighted by Gasteiger charge is 2.54. The molecule has 0 aliphatic carbocycles. The minimum absolute atomic E-state index is 0.0443. The number of benzene rings is 1. The Morgan fingerprint density at radius 2 is 2.03 bits per heavy atom. The molecule has 0 unspecified atom stereocenters. The summed E-state index contributed by atoms with van der Waals surface area (Å²) in [5, 5.41) is 22.7. The number of carboxylic acids is 1. The third-order valence-electron chi connectivity index (χ3n) is 5.55. The van der Waals surface area contributed by atoms with Crippen molar-refractivity contribution >= 4 is 41.2 Å². The first kappa shape index (κ1) is 25.8. The van der Waals surface area contributed by atoms with Gasteiger partial charge in [-0.15, -0.1) is 11.8 Å². The number of furan rings is 1. The average molecular weight is 531 g/mol. The van der Waals surface area contributed by atoms with Crippen molar-refractivity contribution in [1.29, 1.82) is 0 Å². The molecule has 0 bridgehead atoms. The number of rotatable bonds is 9. The van der Waals surface area contributed by atoms with E-state index in [4.69, 9.17) is 13.9 Å². The quantitative estimate of drug-likeness (QED) is 0.209. The van der Waals surface area contributed by atoms with Crippen LogP contribution in [0.25, 0.3) is 0 Å². The van der Waals surface area contributed by atoms with Crippen LogP contribution in [0.2, 0.25) is 0 Å². The summed E-state index contributed by atoms with van der Waals surface area (Å²) < 4.78 is 15.9. The van der Waals surface area contributed by atoms with Crippen molar-refractivity contribution in [1.82, 2.24) is 10.2 Å². The Hall–Kier alpha value is -4.33. The van der Waals surface area contributed by atoms with E-state index >= 15 is 0 Å². The van der Waals surface area contributed by atoms with Gasteiger partial charge < -0.3 is 24.3 Å². The summed E-state index contributed by atoms with van der Waals surface area (Å²) in [7, 11) is 0. The summed E-state index contributed by atoms with van der Waals surface area (Å²) in [6.07, 6.45) is 0. The van der Waals surface area contributed by atoms with Crippen molar-refractivity contribution in [3.05, 3.63) is 68.8 Å². The van der Waals surface area contributed by atoms with Crippen LogP contribution in [0.15, 0.2) is 46.0 Å². The van der Waals surface area contributed by atoms with Crippen molar-refractivity contribution in [2.24, 2.45) is 0 Å². The molecule has 1 saturated heterocycles. The van der Waals surface area contributed by atoms with Gasteiger partial charge in [0.1, 0.15) is 36.1 Å². The van der Waals surface area contributed by atoms with Crippen LogP contribution in [0.5, 0.6) is 5.75 Å². The molecule has 0 spiro atoms. The molecule has 13 nitrogen and oxygen atoms in total. The zero-order chi connectivity index (χ0) is 26.9. The number of amides is 2. The molecular formula is C23H21N3O10S. The maximum atomic E-state index is 12.7. The van der Waals surface area contributed by atoms with Crippen molar-refractivity contribution in [3.8, 4) is 5.75 Å². The van der Waals surface area contributed by atoms with E-state index in [1.54, 1.807) is 13.0 Å². The van der Waals surface area contributed by atoms with Crippen molar-refractivity contribution < 1.29 is 43.1 Å². The fourth-order valence-electron chi connectivity index (χ4n) is 3.81. The zero-order valence-corrected chi connectivity index (χ0v) is 20.4. The van der Waals surface area contributed by atoms with Crippen LogP contribution in [0.1, 0.15) is 28.8 Å². The normalized spacial score (nSPS) is 18.5. The van der Waals surface area contributed by atoms with E-state index in [0.29, 0.717) is 5.56 Å². The Labute approximate surface area is 213 Å². The molecule has 194 valence electrons. The molecule has 2 aliphatic heterocycles. The average Bonchev–Trinajstić information content (AvgIpc) is 3.33. The number of ether oxygens (including phenoxy) is 2. The monoisotopic (exact) mass is 531 g/mol. The molecule has 2 aromatic rings. The fourth-order valence-corrected chi connectivity index (χ4v) is 5.14. The molecule has 14 heteroatoms. The number of nitrogens with zero attached hydrogens (tertiary/aromatic N) is 2. The highest BCUT2D eigenvalue weighted by atomic mass is 32.2. The number of nitrogens with one attached hydrogen (secondary N) is 1. The summed E-state index contributed by atoms with van der Waals surface area (Å²) in [5.41, 5.74) is 0.519. The van der Waals surface area contributed by atoms with Gasteiger partial charge in [0.15, 0.2) is 11.5 Å². The van der Waals surface area contributed by atoms with Gasteiger partial charge in [0.25, 0.3) is 11.8 Å². The molecule has 0 radical (unpaired) electrons. The molecular weight excluding hydrogens is 510 g/mol. The van der Waals surface area contributed by atoms with E-state index in [2.05, 4.69) is 5.32 Å². The minimum Gasteiger partial charge on any atom is -0.479 e. The molecule has 0 saturated carbocycles. The number of hydrogen-bond donors (Lipinski definition) is 2. The Morgan fingerprint density at radius 1 is 1.27 bits per heavy atom. The summed E-state index contributed by atoms with van der Waals surface area (Å²) in [4.78, 5) is 60.0. The number of carbonyl (C=O) groups excluding carboxylic acids is 3. The van der Waals surface area contributed by atoms with E-state index in [1.807, 2.05) is 0 Å². The van der Waals surface area contributed by atoms with Gasteiger partial charge in [0.05, 0.1) is 4.92 Å². The molecule has 2 N–H and O–H groups in total. The second kappa shape index (κ2) is 10.3. The summed E-state index contributed by atoms with van der Waals surface area (Å²) >= 11 is 1.23. The van der Waals surface area contributed by atoms with Crippen LogP contribution in [-0.2, 0) is 25.7 Å². The van der Waals surface area contributed by atoms with Crippen molar-refractivity contribution in [3.63, 3.8) is 0 Å². The maximum absolute atomic E-state index is 12.7. The predicted molar refractivity (Wildman–Crippen MR) is 127 cm³/mol. The van der Waals surface area contributed by atoms with Gasteiger partial charge in [-0.05, 0) is 30.7 Å². The van der Waals surface area contributed by atoms with Crippen LogP contribution in [0, 0.1) is 17.0 Å². The maximum Gasteiger partial charge on any atom is 0.352 e. The third kappa shape index (κ3) is 5.28. The Kier molecular flexibility index (Phi) is 7.20. The van der Waals surface area contributed by atoms with Crippen LogP contribution >= 0.6 is 11.8 Å². The molecule has 2 aliphatic rings. The number of nitro groups is 1. The van der Waals surface area contributed by atoms with E-state index < -0.39 is 40.1 Å². The number of esters is 1. The lowest BCUT2D eigenvalue weighted by Gasteiger charge is -2.49. The first-order valence-corrected chi connectivity index (χ1v) is 11.9. The minimum atomic E-state index is -1.34. The Bertz CT molecular complexity index is 1330. The first-order valence-electron chi connectivity index (χ1n) is 10.9. The van der Waals surface area contributed by atoms with Crippen LogP contribution < -0.4 is 10.1 Å². The number of β-lactam (4-membered cyclic amide) rings is 1. The van der Waals surface area contributed by atoms with Crippen LogP contribution in [0.3, 0.4) is 0 Å². The lowest BCUT2D eigenvalue weighted by molar-refractivity contribution is -0.386. The smallest absolute Gasteiger partial charge is 0.352 e. The molecule has 3 heterocycles. The highest BCUT2D eigenvalue weighted by Crippen LogP contribution is 2.40. The number of carbonyl (C=O) groups is 4. The Morgan fingerprint density at radius 3 is 2.70 bits per heavy atom. The summed E-state index contributed by atoms with van der Waals surface area (Å²) in [5.74, 6) is -2.89. The molecule has 4 rings (SSSR count). The Balaban J connectivity index is 1.39. The highest BCUT2D eigenvalue weighted by molar-refractivity contribution is 8.00. The van der Waals surface area contributed by atoms with Crippen LogP contribution in [-0.4, -0.2) is 62.5 Å². The largest absolute Gasteiger partial charge is 0.479 e. The summed E-state index contributed by atoms with van der Waals surface area (Å²) in [6, 6.07) is 6.36. The predicted octanol–water partition coefficient (Wildman–Crippen LogP) is 1.99. The van der Waals surface area contributed by atoms with Gasteiger partial charge in [-0.3, -0.25) is 29.4 Å². The number of carboxylic acid groups (broad SMARTS) is 1. The topological polar surface area (TPSA) is 179 Å². The lowest BCUT2D eigenvalue weighted by Crippen LogP contribution is -2.70. The van der Waals surface area contributed by atoms with Crippen molar-refractivity contribution in [2.75, 3.05) is 12.4 Å². The van der Waals surface area contributed by atoms with E-state index in [1.165, 1.54) is 43.0 Å².